The Morgan fingerprint density at radius 1 is 1.44 bits per heavy atom. The van der Waals surface area contributed by atoms with Gasteiger partial charge in [-0.05, 0) is 12.5 Å². The van der Waals surface area contributed by atoms with Gasteiger partial charge in [-0.1, -0.05) is 29.8 Å². The Balaban J connectivity index is 2.10. The van der Waals surface area contributed by atoms with E-state index in [1.807, 2.05) is 31.2 Å². The monoisotopic (exact) mass is 217 g/mol. The van der Waals surface area contributed by atoms with E-state index in [4.69, 9.17) is 0 Å². The molecule has 5 nitrogen and oxygen atoms in total. The van der Waals surface area contributed by atoms with E-state index in [0.717, 1.165) is 16.1 Å². The molecule has 1 heterocycles. The van der Waals surface area contributed by atoms with Crippen molar-refractivity contribution in [2.45, 2.75) is 6.92 Å². The van der Waals surface area contributed by atoms with Gasteiger partial charge in [0.15, 0.2) is 0 Å². The van der Waals surface area contributed by atoms with Crippen LogP contribution in [0.15, 0.2) is 29.4 Å². The molecule has 1 aromatic carbocycles. The maximum Gasteiger partial charge on any atom is 0.344 e. The van der Waals surface area contributed by atoms with Crippen LogP contribution >= 0.6 is 0 Å². The number of carbonyl (C=O) groups is 2. The molecule has 1 aliphatic heterocycles. The first-order valence-electron chi connectivity index (χ1n) is 4.87. The Bertz CT molecular complexity index is 468. The zero-order chi connectivity index (χ0) is 11.5. The maximum absolute atomic E-state index is 11.2. The van der Waals surface area contributed by atoms with Gasteiger partial charge in [-0.3, -0.25) is 10.1 Å². The van der Waals surface area contributed by atoms with Crippen LogP contribution in [0.25, 0.3) is 0 Å². The van der Waals surface area contributed by atoms with E-state index in [0.29, 0.717) is 0 Å². The fourth-order valence-corrected chi connectivity index (χ4v) is 1.41. The van der Waals surface area contributed by atoms with Gasteiger partial charge in [0.2, 0.25) is 5.91 Å². The third-order valence-corrected chi connectivity index (χ3v) is 2.16. The van der Waals surface area contributed by atoms with Gasteiger partial charge in [-0.25, -0.2) is 9.80 Å². The Labute approximate surface area is 92.7 Å². The fourth-order valence-electron chi connectivity index (χ4n) is 1.41. The summed E-state index contributed by atoms with van der Waals surface area (Å²) in [5, 5.41) is 7.19. The van der Waals surface area contributed by atoms with E-state index in [1.54, 1.807) is 6.21 Å². The second-order valence-corrected chi connectivity index (χ2v) is 3.57. The lowest BCUT2D eigenvalue weighted by Crippen LogP contribution is -2.24. The van der Waals surface area contributed by atoms with Gasteiger partial charge < -0.3 is 0 Å². The van der Waals surface area contributed by atoms with Crippen molar-refractivity contribution in [3.63, 3.8) is 0 Å². The van der Waals surface area contributed by atoms with Crippen LogP contribution in [0, 0.1) is 6.92 Å². The molecule has 0 atom stereocenters. The molecule has 0 spiro atoms. The van der Waals surface area contributed by atoms with Crippen molar-refractivity contribution in [2.24, 2.45) is 5.10 Å². The van der Waals surface area contributed by atoms with E-state index < -0.39 is 6.03 Å². The largest absolute Gasteiger partial charge is 0.344 e. The molecule has 5 heteroatoms. The predicted molar refractivity (Wildman–Crippen MR) is 59.0 cm³/mol. The minimum Gasteiger partial charge on any atom is -0.275 e. The standard InChI is InChI=1S/C11H11N3O2/c1-8-3-2-4-9(5-8)6-12-14-7-10(15)13-11(14)16/h2-6H,7H2,1H3,(H,13,15,16)/b12-6+. The molecule has 1 N–H and O–H groups in total. The van der Waals surface area contributed by atoms with Crippen LogP contribution in [0.4, 0.5) is 4.79 Å². The molecule has 1 aliphatic rings. The predicted octanol–water partition coefficient (Wildman–Crippen LogP) is 0.881. The SMILES string of the molecule is Cc1cccc(/C=N/N2CC(=O)NC2=O)c1. The van der Waals surface area contributed by atoms with Gasteiger partial charge in [0, 0.05) is 0 Å². The van der Waals surface area contributed by atoms with Gasteiger partial charge in [-0.15, -0.1) is 0 Å². The van der Waals surface area contributed by atoms with Crippen molar-refractivity contribution >= 4 is 18.2 Å². The molecule has 3 amide bonds. The summed E-state index contributed by atoms with van der Waals surface area (Å²) in [5.41, 5.74) is 2.01. The Morgan fingerprint density at radius 2 is 2.25 bits per heavy atom. The van der Waals surface area contributed by atoms with Crippen LogP contribution < -0.4 is 5.32 Å². The average molecular weight is 217 g/mol. The number of imide groups is 1. The molecule has 0 saturated carbocycles. The summed E-state index contributed by atoms with van der Waals surface area (Å²) in [7, 11) is 0. The first-order valence-corrected chi connectivity index (χ1v) is 4.87. The molecule has 1 fully saturated rings. The molecule has 0 radical (unpaired) electrons. The molecule has 1 saturated heterocycles. The topological polar surface area (TPSA) is 61.8 Å². The number of rotatable bonds is 2. The summed E-state index contributed by atoms with van der Waals surface area (Å²) in [4.78, 5) is 22.0. The smallest absolute Gasteiger partial charge is 0.275 e. The number of urea groups is 1. The first-order chi connectivity index (χ1) is 7.65. The molecule has 2 rings (SSSR count). The summed E-state index contributed by atoms with van der Waals surface area (Å²) in [6.45, 7) is 1.96. The van der Waals surface area contributed by atoms with E-state index in [9.17, 15) is 9.59 Å². The van der Waals surface area contributed by atoms with Crippen molar-refractivity contribution in [1.29, 1.82) is 0 Å². The average Bonchev–Trinajstić information content (AvgIpc) is 2.54. The Morgan fingerprint density at radius 3 is 2.88 bits per heavy atom. The van der Waals surface area contributed by atoms with Crippen LogP contribution in [0.2, 0.25) is 0 Å². The minimum atomic E-state index is -0.478. The van der Waals surface area contributed by atoms with Crippen molar-refractivity contribution in [1.82, 2.24) is 10.3 Å². The highest BCUT2D eigenvalue weighted by Crippen LogP contribution is 2.03. The van der Waals surface area contributed by atoms with Crippen LogP contribution in [-0.4, -0.2) is 29.7 Å². The molecule has 82 valence electrons. The number of nitrogens with one attached hydrogen (secondary N) is 1. The summed E-state index contributed by atoms with van der Waals surface area (Å²) < 4.78 is 0. The zero-order valence-electron chi connectivity index (χ0n) is 8.80. The van der Waals surface area contributed by atoms with Crippen molar-refractivity contribution in [3.8, 4) is 0 Å². The summed E-state index contributed by atoms with van der Waals surface area (Å²) in [5.74, 6) is -0.327. The van der Waals surface area contributed by atoms with E-state index in [2.05, 4.69) is 10.4 Å². The van der Waals surface area contributed by atoms with Crippen molar-refractivity contribution in [2.75, 3.05) is 6.54 Å². The van der Waals surface area contributed by atoms with Gasteiger partial charge in [0.25, 0.3) is 0 Å². The molecule has 0 aliphatic carbocycles. The summed E-state index contributed by atoms with van der Waals surface area (Å²) >= 11 is 0. The van der Waals surface area contributed by atoms with E-state index >= 15 is 0 Å². The quantitative estimate of drug-likeness (QED) is 0.590. The van der Waals surface area contributed by atoms with E-state index in [-0.39, 0.29) is 12.5 Å². The number of nitrogens with zero attached hydrogens (tertiary/aromatic N) is 2. The number of amides is 3. The van der Waals surface area contributed by atoms with Crippen LogP contribution in [0.5, 0.6) is 0 Å². The Hall–Kier alpha value is -2.17. The molecule has 0 unspecified atom stereocenters. The van der Waals surface area contributed by atoms with E-state index in [1.165, 1.54) is 0 Å². The lowest BCUT2D eigenvalue weighted by atomic mass is 10.2. The third-order valence-electron chi connectivity index (χ3n) is 2.16. The molecule has 0 aromatic heterocycles. The number of hydrogen-bond donors (Lipinski definition) is 1. The fraction of sp³-hybridized carbons (Fsp3) is 0.182. The highest BCUT2D eigenvalue weighted by molar-refractivity contribution is 6.02. The number of carbonyl (C=O) groups excluding carboxylic acids is 2. The van der Waals surface area contributed by atoms with Crippen molar-refractivity contribution in [3.05, 3.63) is 35.4 Å². The van der Waals surface area contributed by atoms with Gasteiger partial charge >= 0.3 is 6.03 Å². The number of hydrogen-bond acceptors (Lipinski definition) is 3. The third kappa shape index (κ3) is 2.25. The number of aryl methyl sites for hydroxylation is 1. The molecule has 0 bridgehead atoms. The number of hydrazone groups is 1. The van der Waals surface area contributed by atoms with Crippen LogP contribution in [-0.2, 0) is 4.79 Å². The molecular formula is C11H11N3O2. The molecule has 1 aromatic rings. The molecule has 16 heavy (non-hydrogen) atoms. The maximum atomic E-state index is 11.2. The zero-order valence-corrected chi connectivity index (χ0v) is 8.80. The van der Waals surface area contributed by atoms with Crippen LogP contribution in [0.1, 0.15) is 11.1 Å². The number of benzene rings is 1. The Kier molecular flexibility index (Phi) is 2.68. The van der Waals surface area contributed by atoms with Gasteiger partial charge in [-0.2, -0.15) is 5.10 Å². The first kappa shape index (κ1) is 10.4. The van der Waals surface area contributed by atoms with Crippen LogP contribution in [0.3, 0.4) is 0 Å². The highest BCUT2D eigenvalue weighted by Gasteiger charge is 2.25. The lowest BCUT2D eigenvalue weighted by molar-refractivity contribution is -0.118. The van der Waals surface area contributed by atoms with Crippen molar-refractivity contribution < 1.29 is 9.59 Å². The molecular weight excluding hydrogens is 206 g/mol. The second-order valence-electron chi connectivity index (χ2n) is 3.57. The normalized spacial score (nSPS) is 15.9. The second kappa shape index (κ2) is 4.14. The lowest BCUT2D eigenvalue weighted by Gasteiger charge is -2.04. The van der Waals surface area contributed by atoms with Gasteiger partial charge in [0.1, 0.15) is 6.54 Å². The minimum absolute atomic E-state index is 0.0127. The summed E-state index contributed by atoms with van der Waals surface area (Å²) in [6, 6.07) is 7.23. The summed E-state index contributed by atoms with van der Waals surface area (Å²) in [6.07, 6.45) is 1.56. The van der Waals surface area contributed by atoms with Gasteiger partial charge in [0.05, 0.1) is 6.21 Å². The highest BCUT2D eigenvalue weighted by atomic mass is 16.2.